The maximum Gasteiger partial charge on any atom is 0.309 e. The Morgan fingerprint density at radius 3 is 2.25 bits per heavy atom. The maximum absolute atomic E-state index is 13.0. The van der Waals surface area contributed by atoms with Crippen molar-refractivity contribution in [2.24, 2.45) is 5.92 Å². The van der Waals surface area contributed by atoms with Crippen LogP contribution in [0.1, 0.15) is 30.9 Å². The smallest absolute Gasteiger partial charge is 0.309 e. The van der Waals surface area contributed by atoms with Crippen molar-refractivity contribution in [3.8, 4) is 0 Å². The molecule has 0 aliphatic carbocycles. The average Bonchev–Trinajstić information content (AvgIpc) is 2.80. The molecule has 8 heteroatoms. The Hall–Kier alpha value is -2.71. The minimum Gasteiger partial charge on any atom is -0.452 e. The average molecular weight is 459 g/mol. The van der Waals surface area contributed by atoms with Crippen molar-refractivity contribution in [1.82, 2.24) is 4.31 Å². The van der Waals surface area contributed by atoms with Crippen molar-refractivity contribution in [3.63, 3.8) is 0 Å². The fourth-order valence-corrected chi connectivity index (χ4v) is 5.28. The van der Waals surface area contributed by atoms with E-state index in [1.54, 1.807) is 44.3 Å². The lowest BCUT2D eigenvalue weighted by Crippen LogP contribution is -2.42. The molecule has 1 saturated heterocycles. The summed E-state index contributed by atoms with van der Waals surface area (Å²) >= 11 is 0. The second-order valence-corrected chi connectivity index (χ2v) is 10.2. The second-order valence-electron chi connectivity index (χ2n) is 8.24. The number of hydrogen-bond donors (Lipinski definition) is 0. The largest absolute Gasteiger partial charge is 0.452 e. The lowest BCUT2D eigenvalue weighted by Gasteiger charge is -2.31. The number of carbonyl (C=O) groups is 2. The van der Waals surface area contributed by atoms with Crippen molar-refractivity contribution < 1.29 is 22.7 Å². The summed E-state index contributed by atoms with van der Waals surface area (Å²) in [5.74, 6) is -1.21. The summed E-state index contributed by atoms with van der Waals surface area (Å²) in [6, 6.07) is 14.2. The number of esters is 1. The Bertz CT molecular complexity index is 1080. The van der Waals surface area contributed by atoms with Gasteiger partial charge in [-0.1, -0.05) is 24.3 Å². The summed E-state index contributed by atoms with van der Waals surface area (Å²) < 4.78 is 32.8. The molecule has 1 fully saturated rings. The zero-order chi connectivity index (χ0) is 23.5. The number of rotatable bonds is 6. The molecule has 0 aromatic heterocycles. The van der Waals surface area contributed by atoms with Gasteiger partial charge in [0.15, 0.2) is 6.10 Å². The number of benzene rings is 2. The van der Waals surface area contributed by atoms with Gasteiger partial charge in [-0.05, 0) is 69.0 Å². The Balaban J connectivity index is 1.57. The zero-order valence-corrected chi connectivity index (χ0v) is 19.8. The molecule has 1 aliphatic rings. The predicted octanol–water partition coefficient (Wildman–Crippen LogP) is 3.30. The predicted molar refractivity (Wildman–Crippen MR) is 123 cm³/mol. The molecule has 2 aromatic rings. The van der Waals surface area contributed by atoms with Crippen LogP contribution in [0.2, 0.25) is 0 Å². The first-order valence-electron chi connectivity index (χ1n) is 10.7. The summed E-state index contributed by atoms with van der Waals surface area (Å²) in [5, 5.41) is 0. The number of piperidine rings is 1. The Morgan fingerprint density at radius 2 is 1.66 bits per heavy atom. The van der Waals surface area contributed by atoms with E-state index in [9.17, 15) is 18.0 Å². The number of amides is 1. The first-order chi connectivity index (χ1) is 15.1. The van der Waals surface area contributed by atoms with Gasteiger partial charge in [-0.3, -0.25) is 9.59 Å². The van der Waals surface area contributed by atoms with Crippen LogP contribution in [0.4, 0.5) is 5.69 Å². The van der Waals surface area contributed by atoms with Crippen LogP contribution in [0.25, 0.3) is 0 Å². The van der Waals surface area contributed by atoms with E-state index in [2.05, 4.69) is 0 Å². The van der Waals surface area contributed by atoms with Gasteiger partial charge in [0.2, 0.25) is 10.0 Å². The van der Waals surface area contributed by atoms with Gasteiger partial charge in [0.05, 0.1) is 10.8 Å². The van der Waals surface area contributed by atoms with Crippen LogP contribution in [-0.2, 0) is 24.3 Å². The Labute approximate surface area is 190 Å². The molecule has 1 aliphatic heterocycles. The number of carbonyl (C=O) groups excluding carboxylic acids is 2. The van der Waals surface area contributed by atoms with E-state index < -0.39 is 28.0 Å². The number of nitrogens with zero attached hydrogens (tertiary/aromatic N) is 2. The van der Waals surface area contributed by atoms with E-state index in [0.717, 1.165) is 11.1 Å². The van der Waals surface area contributed by atoms with Crippen molar-refractivity contribution in [3.05, 3.63) is 59.7 Å². The highest BCUT2D eigenvalue weighted by molar-refractivity contribution is 7.89. The molecule has 0 unspecified atom stereocenters. The Kier molecular flexibility index (Phi) is 7.36. The SMILES string of the molecule is Cc1ccc(S(=O)(=O)N2CCC(C(=O)O[C@@H](C)C(=O)N(C)c3ccccc3)CC2)cc1C. The minimum atomic E-state index is -3.61. The lowest BCUT2D eigenvalue weighted by molar-refractivity contribution is -0.159. The standard InChI is InChI=1S/C24H30N2O5S/c1-17-10-11-22(16-18(17)2)32(29,30)26-14-12-20(13-15-26)24(28)31-19(3)23(27)25(4)21-8-6-5-7-9-21/h5-11,16,19-20H,12-15H2,1-4H3/t19-/m0/s1. The minimum absolute atomic E-state index is 0.237. The number of sulfonamides is 1. The van der Waals surface area contributed by atoms with E-state index in [1.807, 2.05) is 32.0 Å². The highest BCUT2D eigenvalue weighted by Gasteiger charge is 2.34. The number of hydrogen-bond acceptors (Lipinski definition) is 5. The molecule has 172 valence electrons. The first kappa shape index (κ1) is 23.9. The summed E-state index contributed by atoms with van der Waals surface area (Å²) in [7, 11) is -1.97. The van der Waals surface area contributed by atoms with Crippen molar-refractivity contribution >= 4 is 27.6 Å². The first-order valence-corrected chi connectivity index (χ1v) is 12.2. The summed E-state index contributed by atoms with van der Waals surface area (Å²) in [5.41, 5.74) is 2.67. The topological polar surface area (TPSA) is 84.0 Å². The van der Waals surface area contributed by atoms with E-state index in [1.165, 1.54) is 9.21 Å². The fourth-order valence-electron chi connectivity index (χ4n) is 3.73. The van der Waals surface area contributed by atoms with Crippen molar-refractivity contribution in [1.29, 1.82) is 0 Å². The van der Waals surface area contributed by atoms with Crippen LogP contribution >= 0.6 is 0 Å². The number of aryl methyl sites for hydroxylation is 2. The fraction of sp³-hybridized carbons (Fsp3) is 0.417. The quantitative estimate of drug-likeness (QED) is 0.620. The van der Waals surface area contributed by atoms with Gasteiger partial charge >= 0.3 is 5.97 Å². The van der Waals surface area contributed by atoms with E-state index in [4.69, 9.17) is 4.74 Å². The maximum atomic E-state index is 13.0. The molecule has 0 bridgehead atoms. The monoisotopic (exact) mass is 458 g/mol. The third-order valence-corrected chi connectivity index (χ3v) is 7.91. The molecule has 2 aromatic carbocycles. The highest BCUT2D eigenvalue weighted by atomic mass is 32.2. The van der Waals surface area contributed by atoms with E-state index in [0.29, 0.717) is 18.5 Å². The van der Waals surface area contributed by atoms with Gasteiger partial charge in [-0.2, -0.15) is 4.31 Å². The van der Waals surface area contributed by atoms with Crippen LogP contribution in [-0.4, -0.2) is 50.8 Å². The van der Waals surface area contributed by atoms with Gasteiger partial charge < -0.3 is 9.64 Å². The molecule has 0 radical (unpaired) electrons. The van der Waals surface area contributed by atoms with Gasteiger partial charge in [-0.15, -0.1) is 0 Å². The molecule has 7 nitrogen and oxygen atoms in total. The zero-order valence-electron chi connectivity index (χ0n) is 18.9. The highest BCUT2D eigenvalue weighted by Crippen LogP contribution is 2.26. The van der Waals surface area contributed by atoms with Gasteiger partial charge in [0.1, 0.15) is 0 Å². The van der Waals surface area contributed by atoms with E-state index >= 15 is 0 Å². The molecule has 0 N–H and O–H groups in total. The molecule has 1 atom stereocenters. The normalized spacial score (nSPS) is 16.4. The van der Waals surface area contributed by atoms with Crippen LogP contribution < -0.4 is 4.90 Å². The number of likely N-dealkylation sites (N-methyl/N-ethyl adjacent to an activating group) is 1. The molecule has 0 spiro atoms. The number of ether oxygens (including phenoxy) is 1. The van der Waals surface area contributed by atoms with Crippen LogP contribution in [0, 0.1) is 19.8 Å². The summed E-state index contributed by atoms with van der Waals surface area (Å²) in [6.07, 6.45) is -0.207. The molecule has 1 amide bonds. The van der Waals surface area contributed by atoms with Gasteiger partial charge in [-0.25, -0.2) is 8.42 Å². The molecular weight excluding hydrogens is 428 g/mol. The van der Waals surface area contributed by atoms with Crippen LogP contribution in [0.3, 0.4) is 0 Å². The molecule has 1 heterocycles. The third kappa shape index (κ3) is 5.19. The van der Waals surface area contributed by atoms with Gasteiger partial charge in [0.25, 0.3) is 5.91 Å². The van der Waals surface area contributed by atoms with Crippen LogP contribution in [0.5, 0.6) is 0 Å². The summed E-state index contributed by atoms with van der Waals surface area (Å²) in [6.45, 7) is 5.85. The molecule has 3 rings (SSSR count). The molecule has 0 saturated carbocycles. The van der Waals surface area contributed by atoms with Crippen molar-refractivity contribution in [2.45, 2.75) is 44.6 Å². The van der Waals surface area contributed by atoms with Gasteiger partial charge in [0, 0.05) is 25.8 Å². The second kappa shape index (κ2) is 9.83. The summed E-state index contributed by atoms with van der Waals surface area (Å²) in [4.78, 5) is 27.0. The molecular formula is C24H30N2O5S. The Morgan fingerprint density at radius 1 is 1.03 bits per heavy atom. The lowest BCUT2D eigenvalue weighted by atomic mass is 9.98. The van der Waals surface area contributed by atoms with Crippen LogP contribution in [0.15, 0.2) is 53.4 Å². The number of para-hydroxylation sites is 1. The van der Waals surface area contributed by atoms with Crippen molar-refractivity contribution in [2.75, 3.05) is 25.0 Å². The third-order valence-electron chi connectivity index (χ3n) is 6.02. The van der Waals surface area contributed by atoms with E-state index in [-0.39, 0.29) is 23.9 Å². The number of anilines is 1. The molecule has 32 heavy (non-hydrogen) atoms.